The van der Waals surface area contributed by atoms with Crippen molar-refractivity contribution in [2.45, 2.75) is 39.7 Å². The highest BCUT2D eigenvalue weighted by Crippen LogP contribution is 2.16. The maximum atomic E-state index is 6.15. The van der Waals surface area contributed by atoms with Crippen LogP contribution in [0.4, 0.5) is 0 Å². The fourth-order valence-corrected chi connectivity index (χ4v) is 2.67. The van der Waals surface area contributed by atoms with Crippen molar-refractivity contribution in [2.75, 3.05) is 5.88 Å². The quantitative estimate of drug-likeness (QED) is 0.729. The number of halogens is 1. The number of alkyl halides is 1. The Balaban J connectivity index is 2.03. The van der Waals surface area contributed by atoms with Gasteiger partial charge in [0, 0.05) is 18.8 Å². The summed E-state index contributed by atoms with van der Waals surface area (Å²) in [6.07, 6.45) is 4.59. The summed E-state index contributed by atoms with van der Waals surface area (Å²) < 4.78 is 2.00. The zero-order chi connectivity index (χ0) is 14.4. The van der Waals surface area contributed by atoms with Crippen molar-refractivity contribution in [2.24, 2.45) is 5.92 Å². The Morgan fingerprint density at radius 3 is 2.85 bits per heavy atom. The normalized spacial score (nSPS) is 12.6. The maximum absolute atomic E-state index is 6.15. The molecule has 3 nitrogen and oxygen atoms in total. The standard InChI is InChI=1S/C16H22ClN3/c1-3-7-20-16(18-12-19-20)10-15(11-17)9-14-6-4-5-13(2)8-14/h4-6,8,12,15H,3,7,9-11H2,1-2H3. The van der Waals surface area contributed by atoms with E-state index in [-0.39, 0.29) is 0 Å². The highest BCUT2D eigenvalue weighted by molar-refractivity contribution is 6.18. The van der Waals surface area contributed by atoms with Gasteiger partial charge in [-0.05, 0) is 31.2 Å². The van der Waals surface area contributed by atoms with E-state index in [2.05, 4.69) is 48.2 Å². The van der Waals surface area contributed by atoms with Gasteiger partial charge < -0.3 is 0 Å². The van der Waals surface area contributed by atoms with Crippen molar-refractivity contribution in [1.82, 2.24) is 14.8 Å². The van der Waals surface area contributed by atoms with Crippen LogP contribution in [0.1, 0.15) is 30.3 Å². The Bertz CT molecular complexity index is 536. The largest absolute Gasteiger partial charge is 0.250 e. The highest BCUT2D eigenvalue weighted by atomic mass is 35.5. The second-order valence-corrected chi connectivity index (χ2v) is 5.63. The van der Waals surface area contributed by atoms with Crippen LogP contribution in [0.5, 0.6) is 0 Å². The van der Waals surface area contributed by atoms with Gasteiger partial charge in [0.2, 0.25) is 0 Å². The van der Waals surface area contributed by atoms with Gasteiger partial charge in [-0.2, -0.15) is 5.10 Å². The molecule has 2 aromatic rings. The van der Waals surface area contributed by atoms with E-state index in [1.807, 2.05) is 4.68 Å². The van der Waals surface area contributed by atoms with Crippen molar-refractivity contribution < 1.29 is 0 Å². The van der Waals surface area contributed by atoms with E-state index in [0.717, 1.165) is 31.6 Å². The van der Waals surface area contributed by atoms with E-state index in [1.165, 1.54) is 11.1 Å². The predicted octanol–water partition coefficient (Wildman–Crippen LogP) is 3.64. The average molecular weight is 292 g/mol. The van der Waals surface area contributed by atoms with E-state index in [0.29, 0.717) is 11.8 Å². The Kier molecular flexibility index (Phi) is 5.60. The number of aryl methyl sites for hydroxylation is 2. The first kappa shape index (κ1) is 15.0. The molecule has 0 radical (unpaired) electrons. The minimum absolute atomic E-state index is 0.401. The van der Waals surface area contributed by atoms with Crippen LogP contribution in [-0.4, -0.2) is 20.6 Å². The third-order valence-corrected chi connectivity index (χ3v) is 3.86. The van der Waals surface area contributed by atoms with E-state index < -0.39 is 0 Å². The Morgan fingerprint density at radius 1 is 1.30 bits per heavy atom. The molecule has 0 spiro atoms. The van der Waals surface area contributed by atoms with E-state index >= 15 is 0 Å². The molecule has 1 unspecified atom stereocenters. The van der Waals surface area contributed by atoms with E-state index in [4.69, 9.17) is 11.6 Å². The molecule has 4 heteroatoms. The monoisotopic (exact) mass is 291 g/mol. The lowest BCUT2D eigenvalue weighted by Crippen LogP contribution is -2.15. The number of nitrogens with zero attached hydrogens (tertiary/aromatic N) is 3. The lowest BCUT2D eigenvalue weighted by atomic mass is 9.96. The second-order valence-electron chi connectivity index (χ2n) is 5.32. The molecule has 0 aliphatic heterocycles. The van der Waals surface area contributed by atoms with Crippen LogP contribution in [0.3, 0.4) is 0 Å². The third-order valence-electron chi connectivity index (χ3n) is 3.43. The molecule has 1 aromatic heterocycles. The first-order valence-electron chi connectivity index (χ1n) is 7.21. The van der Waals surface area contributed by atoms with Crippen LogP contribution in [0.15, 0.2) is 30.6 Å². The summed E-state index contributed by atoms with van der Waals surface area (Å²) in [7, 11) is 0. The molecular formula is C16H22ClN3. The molecule has 108 valence electrons. The predicted molar refractivity (Wildman–Crippen MR) is 83.1 cm³/mol. The Morgan fingerprint density at radius 2 is 2.15 bits per heavy atom. The van der Waals surface area contributed by atoms with Gasteiger partial charge in [-0.1, -0.05) is 36.8 Å². The van der Waals surface area contributed by atoms with Crippen molar-refractivity contribution in [1.29, 1.82) is 0 Å². The first-order chi connectivity index (χ1) is 9.72. The maximum Gasteiger partial charge on any atom is 0.138 e. The molecule has 1 atom stereocenters. The summed E-state index contributed by atoms with van der Waals surface area (Å²) in [5, 5.41) is 4.28. The van der Waals surface area contributed by atoms with Gasteiger partial charge >= 0.3 is 0 Å². The highest BCUT2D eigenvalue weighted by Gasteiger charge is 2.14. The van der Waals surface area contributed by atoms with Gasteiger partial charge in [-0.25, -0.2) is 4.98 Å². The number of hydrogen-bond donors (Lipinski definition) is 0. The van der Waals surface area contributed by atoms with Gasteiger partial charge in [0.05, 0.1) is 0 Å². The fourth-order valence-electron chi connectivity index (χ4n) is 2.46. The second kappa shape index (κ2) is 7.44. The van der Waals surface area contributed by atoms with Crippen LogP contribution >= 0.6 is 11.6 Å². The zero-order valence-electron chi connectivity index (χ0n) is 12.2. The molecule has 0 bridgehead atoms. The number of rotatable bonds is 7. The molecule has 0 aliphatic rings. The summed E-state index contributed by atoms with van der Waals surface area (Å²) >= 11 is 6.15. The molecule has 0 saturated heterocycles. The minimum atomic E-state index is 0.401. The van der Waals surface area contributed by atoms with Crippen LogP contribution < -0.4 is 0 Å². The van der Waals surface area contributed by atoms with Crippen molar-refractivity contribution >= 4 is 11.6 Å². The zero-order valence-corrected chi connectivity index (χ0v) is 13.0. The molecule has 1 heterocycles. The summed E-state index contributed by atoms with van der Waals surface area (Å²) in [5.74, 6) is 2.09. The van der Waals surface area contributed by atoms with Crippen molar-refractivity contribution in [3.63, 3.8) is 0 Å². The summed E-state index contributed by atoms with van der Waals surface area (Å²) in [6.45, 7) is 5.20. The molecule has 0 amide bonds. The summed E-state index contributed by atoms with van der Waals surface area (Å²) in [5.41, 5.74) is 2.64. The van der Waals surface area contributed by atoms with Crippen LogP contribution in [-0.2, 0) is 19.4 Å². The van der Waals surface area contributed by atoms with Crippen molar-refractivity contribution in [3.05, 3.63) is 47.5 Å². The SMILES string of the molecule is CCCn1ncnc1CC(CCl)Cc1cccc(C)c1. The van der Waals surface area contributed by atoms with Gasteiger partial charge in [0.1, 0.15) is 12.2 Å². The molecule has 0 N–H and O–H groups in total. The molecule has 0 fully saturated rings. The van der Waals surface area contributed by atoms with Gasteiger partial charge in [-0.3, -0.25) is 4.68 Å². The van der Waals surface area contributed by atoms with Gasteiger partial charge in [0.25, 0.3) is 0 Å². The molecule has 20 heavy (non-hydrogen) atoms. The molecule has 2 rings (SSSR count). The summed E-state index contributed by atoms with van der Waals surface area (Å²) in [6, 6.07) is 8.63. The number of benzene rings is 1. The minimum Gasteiger partial charge on any atom is -0.250 e. The van der Waals surface area contributed by atoms with Crippen LogP contribution in [0.2, 0.25) is 0 Å². The molecular weight excluding hydrogens is 270 g/mol. The van der Waals surface area contributed by atoms with E-state index in [1.54, 1.807) is 6.33 Å². The van der Waals surface area contributed by atoms with Gasteiger partial charge in [-0.15, -0.1) is 11.6 Å². The fraction of sp³-hybridized carbons (Fsp3) is 0.500. The Hall–Kier alpha value is -1.35. The average Bonchev–Trinajstić information content (AvgIpc) is 2.86. The summed E-state index contributed by atoms with van der Waals surface area (Å²) in [4.78, 5) is 4.37. The lowest BCUT2D eigenvalue weighted by molar-refractivity contribution is 0.508. The molecule has 0 saturated carbocycles. The van der Waals surface area contributed by atoms with Crippen molar-refractivity contribution in [3.8, 4) is 0 Å². The number of hydrogen-bond acceptors (Lipinski definition) is 2. The van der Waals surface area contributed by atoms with E-state index in [9.17, 15) is 0 Å². The third kappa shape index (κ3) is 4.07. The number of aromatic nitrogens is 3. The topological polar surface area (TPSA) is 30.7 Å². The first-order valence-corrected chi connectivity index (χ1v) is 7.74. The van der Waals surface area contributed by atoms with Gasteiger partial charge in [0.15, 0.2) is 0 Å². The van der Waals surface area contributed by atoms with Crippen LogP contribution in [0.25, 0.3) is 0 Å². The smallest absolute Gasteiger partial charge is 0.138 e. The molecule has 1 aromatic carbocycles. The van der Waals surface area contributed by atoms with Crippen LogP contribution in [0, 0.1) is 12.8 Å². The lowest BCUT2D eigenvalue weighted by Gasteiger charge is -2.14. The Labute approximate surface area is 126 Å². The molecule has 0 aliphatic carbocycles.